The van der Waals surface area contributed by atoms with Crippen LogP contribution in [0.2, 0.25) is 0 Å². The lowest BCUT2D eigenvalue weighted by atomic mass is 9.89. The van der Waals surface area contributed by atoms with E-state index in [-0.39, 0.29) is 18.6 Å². The van der Waals surface area contributed by atoms with E-state index < -0.39 is 0 Å². The fourth-order valence-corrected chi connectivity index (χ4v) is 3.05. The molecule has 2 atom stereocenters. The van der Waals surface area contributed by atoms with Gasteiger partial charge in [0.15, 0.2) is 0 Å². The standard InChI is InChI=1S/C18H27NO2/c1-13-7-5-9-16(11-13)21-12-18(20)19(4)17-10-6-8-14(2)15(17)3/h6,8,10,13,16H,5,7,9,11-12H2,1-4H3. The molecule has 116 valence electrons. The Morgan fingerprint density at radius 1 is 1.33 bits per heavy atom. The third kappa shape index (κ3) is 4.07. The fraction of sp³-hybridized carbons (Fsp3) is 0.611. The van der Waals surface area contributed by atoms with Crippen molar-refractivity contribution in [2.45, 2.75) is 52.6 Å². The molecule has 1 aliphatic rings. The number of hydrogen-bond donors (Lipinski definition) is 0. The van der Waals surface area contributed by atoms with E-state index in [1.165, 1.54) is 18.4 Å². The smallest absolute Gasteiger partial charge is 0.252 e. The first-order valence-electron chi connectivity index (χ1n) is 7.93. The average molecular weight is 289 g/mol. The number of anilines is 1. The topological polar surface area (TPSA) is 29.5 Å². The summed E-state index contributed by atoms with van der Waals surface area (Å²) in [5.74, 6) is 0.748. The maximum atomic E-state index is 12.3. The summed E-state index contributed by atoms with van der Waals surface area (Å²) in [6.07, 6.45) is 4.93. The van der Waals surface area contributed by atoms with E-state index in [1.807, 2.05) is 19.2 Å². The summed E-state index contributed by atoms with van der Waals surface area (Å²) < 4.78 is 5.84. The highest BCUT2D eigenvalue weighted by Crippen LogP contribution is 2.26. The highest BCUT2D eigenvalue weighted by atomic mass is 16.5. The molecule has 2 rings (SSSR count). The number of benzene rings is 1. The lowest BCUT2D eigenvalue weighted by molar-refractivity contribution is -0.125. The Morgan fingerprint density at radius 2 is 2.10 bits per heavy atom. The number of aryl methyl sites for hydroxylation is 1. The Bertz CT molecular complexity index is 498. The van der Waals surface area contributed by atoms with Crippen LogP contribution in [0.5, 0.6) is 0 Å². The summed E-state index contributed by atoms with van der Waals surface area (Å²) in [6, 6.07) is 6.05. The molecule has 1 amide bonds. The first-order valence-corrected chi connectivity index (χ1v) is 7.93. The maximum Gasteiger partial charge on any atom is 0.252 e. The average Bonchev–Trinajstić information content (AvgIpc) is 2.47. The molecule has 0 aromatic heterocycles. The monoisotopic (exact) mass is 289 g/mol. The molecule has 1 saturated carbocycles. The summed E-state index contributed by atoms with van der Waals surface area (Å²) in [7, 11) is 1.83. The van der Waals surface area contributed by atoms with Gasteiger partial charge >= 0.3 is 0 Å². The van der Waals surface area contributed by atoms with Gasteiger partial charge in [0.05, 0.1) is 6.10 Å². The van der Waals surface area contributed by atoms with E-state index in [0.717, 1.165) is 30.0 Å². The van der Waals surface area contributed by atoms with Crippen LogP contribution in [0.3, 0.4) is 0 Å². The summed E-state index contributed by atoms with van der Waals surface area (Å²) in [6.45, 7) is 6.57. The lowest BCUT2D eigenvalue weighted by Gasteiger charge is -2.27. The van der Waals surface area contributed by atoms with Crippen LogP contribution in [0.25, 0.3) is 0 Å². The van der Waals surface area contributed by atoms with Crippen molar-refractivity contribution in [1.29, 1.82) is 0 Å². The van der Waals surface area contributed by atoms with E-state index in [9.17, 15) is 4.79 Å². The van der Waals surface area contributed by atoms with E-state index >= 15 is 0 Å². The fourth-order valence-electron chi connectivity index (χ4n) is 3.05. The number of nitrogens with zero attached hydrogens (tertiary/aromatic N) is 1. The van der Waals surface area contributed by atoms with Gasteiger partial charge in [-0.1, -0.05) is 31.9 Å². The van der Waals surface area contributed by atoms with Gasteiger partial charge in [0.1, 0.15) is 6.61 Å². The third-order valence-electron chi connectivity index (χ3n) is 4.64. The lowest BCUT2D eigenvalue weighted by Crippen LogP contribution is -2.33. The van der Waals surface area contributed by atoms with Crippen LogP contribution in [-0.4, -0.2) is 25.7 Å². The van der Waals surface area contributed by atoms with Crippen LogP contribution in [0.4, 0.5) is 5.69 Å². The predicted molar refractivity (Wildman–Crippen MR) is 86.7 cm³/mol. The van der Waals surface area contributed by atoms with Gasteiger partial charge in [0, 0.05) is 12.7 Å². The zero-order valence-corrected chi connectivity index (χ0v) is 13.7. The first kappa shape index (κ1) is 16.0. The van der Waals surface area contributed by atoms with Crippen LogP contribution in [-0.2, 0) is 9.53 Å². The number of amides is 1. The molecule has 0 saturated heterocycles. The molecule has 3 heteroatoms. The minimum atomic E-state index is 0.0296. The van der Waals surface area contributed by atoms with Crippen molar-refractivity contribution in [3.63, 3.8) is 0 Å². The molecule has 1 aromatic rings. The quantitative estimate of drug-likeness (QED) is 0.842. The number of rotatable bonds is 4. The second kappa shape index (κ2) is 7.08. The van der Waals surface area contributed by atoms with Crippen molar-refractivity contribution < 1.29 is 9.53 Å². The van der Waals surface area contributed by atoms with E-state index in [1.54, 1.807) is 4.90 Å². The molecule has 1 aromatic carbocycles. The summed E-state index contributed by atoms with van der Waals surface area (Å²) in [5.41, 5.74) is 3.33. The van der Waals surface area contributed by atoms with Crippen molar-refractivity contribution >= 4 is 11.6 Å². The summed E-state index contributed by atoms with van der Waals surface area (Å²) in [4.78, 5) is 14.0. The van der Waals surface area contributed by atoms with E-state index in [2.05, 4.69) is 26.8 Å². The molecule has 0 bridgehead atoms. The third-order valence-corrected chi connectivity index (χ3v) is 4.64. The van der Waals surface area contributed by atoms with Crippen LogP contribution in [0.1, 0.15) is 43.7 Å². The van der Waals surface area contributed by atoms with Gasteiger partial charge in [-0.2, -0.15) is 0 Å². The molecule has 3 nitrogen and oxygen atoms in total. The van der Waals surface area contributed by atoms with Gasteiger partial charge in [0.2, 0.25) is 0 Å². The molecule has 2 unspecified atom stereocenters. The van der Waals surface area contributed by atoms with Crippen molar-refractivity contribution in [1.82, 2.24) is 0 Å². The number of carbonyl (C=O) groups excluding carboxylic acids is 1. The van der Waals surface area contributed by atoms with Crippen molar-refractivity contribution in [2.75, 3.05) is 18.6 Å². The Kier molecular flexibility index (Phi) is 5.40. The molecule has 0 spiro atoms. The molecule has 0 aliphatic heterocycles. The highest BCUT2D eigenvalue weighted by Gasteiger charge is 2.21. The highest BCUT2D eigenvalue weighted by molar-refractivity contribution is 5.94. The van der Waals surface area contributed by atoms with Crippen LogP contribution in [0.15, 0.2) is 18.2 Å². The van der Waals surface area contributed by atoms with Gasteiger partial charge in [-0.25, -0.2) is 0 Å². The zero-order chi connectivity index (χ0) is 15.4. The molecular weight excluding hydrogens is 262 g/mol. The van der Waals surface area contributed by atoms with E-state index in [4.69, 9.17) is 4.74 Å². The van der Waals surface area contributed by atoms with Crippen molar-refractivity contribution in [3.8, 4) is 0 Å². The molecule has 1 aliphatic carbocycles. The van der Waals surface area contributed by atoms with Crippen LogP contribution < -0.4 is 4.90 Å². The van der Waals surface area contributed by atoms with Gasteiger partial charge in [0.25, 0.3) is 5.91 Å². The summed E-state index contributed by atoms with van der Waals surface area (Å²) in [5, 5.41) is 0. The molecule has 21 heavy (non-hydrogen) atoms. The number of likely N-dealkylation sites (N-methyl/N-ethyl adjacent to an activating group) is 1. The Labute approximate surface area is 128 Å². The first-order chi connectivity index (χ1) is 9.99. The van der Waals surface area contributed by atoms with Crippen molar-refractivity contribution in [3.05, 3.63) is 29.3 Å². The summed E-state index contributed by atoms with van der Waals surface area (Å²) >= 11 is 0. The largest absolute Gasteiger partial charge is 0.368 e. The second-order valence-electron chi connectivity index (χ2n) is 6.38. The predicted octanol–water partition coefficient (Wildman–Crippen LogP) is 3.86. The molecule has 0 radical (unpaired) electrons. The van der Waals surface area contributed by atoms with Crippen LogP contribution >= 0.6 is 0 Å². The number of carbonyl (C=O) groups is 1. The Morgan fingerprint density at radius 3 is 2.81 bits per heavy atom. The van der Waals surface area contributed by atoms with E-state index in [0.29, 0.717) is 0 Å². The van der Waals surface area contributed by atoms with Crippen LogP contribution in [0, 0.1) is 19.8 Å². The Balaban J connectivity index is 1.92. The second-order valence-corrected chi connectivity index (χ2v) is 6.38. The molecule has 0 N–H and O–H groups in total. The minimum absolute atomic E-state index is 0.0296. The Hall–Kier alpha value is -1.35. The van der Waals surface area contributed by atoms with Gasteiger partial charge in [-0.15, -0.1) is 0 Å². The van der Waals surface area contributed by atoms with Gasteiger partial charge in [-0.3, -0.25) is 4.79 Å². The van der Waals surface area contributed by atoms with Gasteiger partial charge in [-0.05, 0) is 49.8 Å². The molecular formula is C18H27NO2. The number of hydrogen-bond acceptors (Lipinski definition) is 2. The normalized spacial score (nSPS) is 22.1. The molecule has 0 heterocycles. The number of ether oxygens (including phenoxy) is 1. The zero-order valence-electron chi connectivity index (χ0n) is 13.7. The van der Waals surface area contributed by atoms with Gasteiger partial charge < -0.3 is 9.64 Å². The molecule has 1 fully saturated rings. The maximum absolute atomic E-state index is 12.3. The minimum Gasteiger partial charge on any atom is -0.368 e. The SMILES string of the molecule is Cc1cccc(N(C)C(=O)COC2CCCC(C)C2)c1C. The van der Waals surface area contributed by atoms with Crippen molar-refractivity contribution in [2.24, 2.45) is 5.92 Å².